The number of nitrogens with one attached hydrogen (secondary N) is 3. The SMILES string of the molecule is Cc1ccc(C(C)C)cc1NC(=O)Nc1[nH]c(Cc2ccc(C(=O)O)cc2)nc1C(N)=O. The number of hydrogen-bond acceptors (Lipinski definition) is 4. The molecule has 3 rings (SSSR count). The van der Waals surface area contributed by atoms with E-state index in [0.717, 1.165) is 16.7 Å². The number of imidazole rings is 1. The van der Waals surface area contributed by atoms with Gasteiger partial charge in [0.1, 0.15) is 11.6 Å². The van der Waals surface area contributed by atoms with Crippen molar-refractivity contribution in [1.82, 2.24) is 9.97 Å². The molecular formula is C23H25N5O4. The third-order valence-electron chi connectivity index (χ3n) is 4.97. The number of H-pyrrole nitrogens is 1. The van der Waals surface area contributed by atoms with Gasteiger partial charge in [0.2, 0.25) is 0 Å². The van der Waals surface area contributed by atoms with Crippen molar-refractivity contribution in [3.05, 3.63) is 76.2 Å². The Labute approximate surface area is 185 Å². The van der Waals surface area contributed by atoms with E-state index in [1.165, 1.54) is 12.1 Å². The molecule has 0 spiro atoms. The predicted molar refractivity (Wildman–Crippen MR) is 121 cm³/mol. The average molecular weight is 435 g/mol. The van der Waals surface area contributed by atoms with E-state index >= 15 is 0 Å². The van der Waals surface area contributed by atoms with Crippen LogP contribution in [0, 0.1) is 6.92 Å². The average Bonchev–Trinajstić information content (AvgIpc) is 3.12. The fraction of sp³-hybridized carbons (Fsp3) is 0.217. The Morgan fingerprint density at radius 1 is 1.09 bits per heavy atom. The molecule has 32 heavy (non-hydrogen) atoms. The van der Waals surface area contributed by atoms with Gasteiger partial charge in [0.15, 0.2) is 5.69 Å². The lowest BCUT2D eigenvalue weighted by Gasteiger charge is -2.13. The van der Waals surface area contributed by atoms with Crippen LogP contribution in [0.3, 0.4) is 0 Å². The third kappa shape index (κ3) is 5.31. The summed E-state index contributed by atoms with van der Waals surface area (Å²) in [4.78, 5) is 42.5. The largest absolute Gasteiger partial charge is 0.478 e. The first-order valence-corrected chi connectivity index (χ1v) is 10.0. The molecule has 0 radical (unpaired) electrons. The molecule has 9 heteroatoms. The van der Waals surface area contributed by atoms with Gasteiger partial charge in [-0.1, -0.05) is 38.1 Å². The topological polar surface area (TPSA) is 150 Å². The normalized spacial score (nSPS) is 10.8. The maximum atomic E-state index is 12.6. The molecule has 0 aliphatic rings. The molecule has 6 N–H and O–H groups in total. The van der Waals surface area contributed by atoms with Gasteiger partial charge in [0, 0.05) is 12.1 Å². The van der Waals surface area contributed by atoms with Crippen molar-refractivity contribution in [3.63, 3.8) is 0 Å². The Kier molecular flexibility index (Phi) is 6.58. The molecule has 0 aliphatic heterocycles. The Morgan fingerprint density at radius 2 is 1.78 bits per heavy atom. The molecule has 0 saturated heterocycles. The number of benzene rings is 2. The van der Waals surface area contributed by atoms with Crippen LogP contribution in [0.4, 0.5) is 16.3 Å². The Bertz CT molecular complexity index is 1170. The number of aryl methyl sites for hydroxylation is 1. The lowest BCUT2D eigenvalue weighted by atomic mass is 10.0. The number of amides is 3. The molecule has 0 fully saturated rings. The van der Waals surface area contributed by atoms with Crippen molar-refractivity contribution in [2.75, 3.05) is 10.6 Å². The van der Waals surface area contributed by atoms with Crippen LogP contribution in [-0.4, -0.2) is 33.0 Å². The number of anilines is 2. The lowest BCUT2D eigenvalue weighted by molar-refractivity contribution is 0.0696. The predicted octanol–water partition coefficient (Wildman–Crippen LogP) is 3.87. The van der Waals surface area contributed by atoms with E-state index in [0.29, 0.717) is 23.9 Å². The highest BCUT2D eigenvalue weighted by Crippen LogP contribution is 2.23. The summed E-state index contributed by atoms with van der Waals surface area (Å²) >= 11 is 0. The molecule has 0 atom stereocenters. The summed E-state index contributed by atoms with van der Waals surface area (Å²) in [5.74, 6) is -1.01. The summed E-state index contributed by atoms with van der Waals surface area (Å²) in [5, 5.41) is 14.4. The van der Waals surface area contributed by atoms with Crippen LogP contribution in [-0.2, 0) is 6.42 Å². The fourth-order valence-electron chi connectivity index (χ4n) is 3.13. The number of carbonyl (C=O) groups excluding carboxylic acids is 2. The number of carboxylic acid groups (broad SMARTS) is 1. The molecule has 3 aromatic rings. The van der Waals surface area contributed by atoms with Crippen LogP contribution in [0.5, 0.6) is 0 Å². The van der Waals surface area contributed by atoms with Crippen LogP contribution >= 0.6 is 0 Å². The van der Waals surface area contributed by atoms with E-state index in [9.17, 15) is 14.4 Å². The zero-order valence-electron chi connectivity index (χ0n) is 18.0. The number of nitrogens with zero attached hydrogens (tertiary/aromatic N) is 1. The summed E-state index contributed by atoms with van der Waals surface area (Å²) in [5.41, 5.74) is 8.91. The van der Waals surface area contributed by atoms with E-state index in [-0.39, 0.29) is 17.1 Å². The number of urea groups is 1. The van der Waals surface area contributed by atoms with Gasteiger partial charge in [-0.3, -0.25) is 10.1 Å². The van der Waals surface area contributed by atoms with E-state index in [2.05, 4.69) is 34.4 Å². The second-order valence-corrected chi connectivity index (χ2v) is 7.76. The number of aromatic amines is 1. The maximum Gasteiger partial charge on any atom is 0.335 e. The molecule has 0 bridgehead atoms. The third-order valence-corrected chi connectivity index (χ3v) is 4.97. The monoisotopic (exact) mass is 435 g/mol. The number of primary amides is 1. The number of rotatable bonds is 7. The van der Waals surface area contributed by atoms with E-state index in [4.69, 9.17) is 10.8 Å². The molecule has 0 unspecified atom stereocenters. The van der Waals surface area contributed by atoms with Crippen LogP contribution in [0.1, 0.15) is 63.1 Å². The highest BCUT2D eigenvalue weighted by atomic mass is 16.4. The number of carboxylic acids is 1. The number of carbonyl (C=O) groups is 3. The molecule has 2 aromatic carbocycles. The summed E-state index contributed by atoms with van der Waals surface area (Å²) in [7, 11) is 0. The number of aromatic carboxylic acids is 1. The van der Waals surface area contributed by atoms with Gasteiger partial charge in [-0.15, -0.1) is 0 Å². The highest BCUT2D eigenvalue weighted by Gasteiger charge is 2.18. The molecule has 1 heterocycles. The molecule has 1 aromatic heterocycles. The Morgan fingerprint density at radius 3 is 2.38 bits per heavy atom. The van der Waals surface area contributed by atoms with Gasteiger partial charge in [-0.2, -0.15) is 0 Å². The Hall–Kier alpha value is -4.14. The summed E-state index contributed by atoms with van der Waals surface area (Å²) in [6, 6.07) is 11.6. The van der Waals surface area contributed by atoms with Crippen molar-refractivity contribution < 1.29 is 19.5 Å². The molecular weight excluding hydrogens is 410 g/mol. The molecule has 0 aliphatic carbocycles. The first-order valence-electron chi connectivity index (χ1n) is 10.0. The van der Waals surface area contributed by atoms with Crippen molar-refractivity contribution >= 4 is 29.4 Å². The molecule has 166 valence electrons. The van der Waals surface area contributed by atoms with Gasteiger partial charge >= 0.3 is 12.0 Å². The molecule has 0 saturated carbocycles. The fourth-order valence-corrected chi connectivity index (χ4v) is 3.13. The minimum absolute atomic E-state index is 0.0878. The molecule has 9 nitrogen and oxygen atoms in total. The number of nitrogens with two attached hydrogens (primary N) is 1. The van der Waals surface area contributed by atoms with Crippen molar-refractivity contribution in [2.45, 2.75) is 33.1 Å². The Balaban J connectivity index is 1.77. The first kappa shape index (κ1) is 22.5. The van der Waals surface area contributed by atoms with Crippen molar-refractivity contribution in [3.8, 4) is 0 Å². The van der Waals surface area contributed by atoms with Gasteiger partial charge in [0.25, 0.3) is 5.91 Å². The highest BCUT2D eigenvalue weighted by molar-refractivity contribution is 6.04. The van der Waals surface area contributed by atoms with Crippen LogP contribution in [0.2, 0.25) is 0 Å². The lowest BCUT2D eigenvalue weighted by Crippen LogP contribution is -2.23. The van der Waals surface area contributed by atoms with Crippen LogP contribution < -0.4 is 16.4 Å². The van der Waals surface area contributed by atoms with E-state index in [1.807, 2.05) is 25.1 Å². The zero-order chi connectivity index (χ0) is 23.4. The van der Waals surface area contributed by atoms with Gasteiger partial charge in [-0.05, 0) is 47.7 Å². The molecule has 3 amide bonds. The maximum absolute atomic E-state index is 12.6. The van der Waals surface area contributed by atoms with Gasteiger partial charge in [0.05, 0.1) is 5.56 Å². The first-order chi connectivity index (χ1) is 15.1. The number of hydrogen-bond donors (Lipinski definition) is 5. The minimum atomic E-state index is -1.02. The smallest absolute Gasteiger partial charge is 0.335 e. The summed E-state index contributed by atoms with van der Waals surface area (Å²) < 4.78 is 0. The van der Waals surface area contributed by atoms with Crippen LogP contribution in [0.25, 0.3) is 0 Å². The van der Waals surface area contributed by atoms with Crippen molar-refractivity contribution in [2.24, 2.45) is 5.73 Å². The van der Waals surface area contributed by atoms with Gasteiger partial charge < -0.3 is 21.1 Å². The summed E-state index contributed by atoms with van der Waals surface area (Å²) in [6.45, 7) is 6.02. The second-order valence-electron chi connectivity index (χ2n) is 7.76. The number of aromatic nitrogens is 2. The minimum Gasteiger partial charge on any atom is -0.478 e. The van der Waals surface area contributed by atoms with Crippen LogP contribution in [0.15, 0.2) is 42.5 Å². The quantitative estimate of drug-likeness (QED) is 0.382. The second kappa shape index (κ2) is 9.34. The van der Waals surface area contributed by atoms with E-state index < -0.39 is 17.9 Å². The summed E-state index contributed by atoms with van der Waals surface area (Å²) in [6.07, 6.45) is 0.291. The van der Waals surface area contributed by atoms with Crippen molar-refractivity contribution in [1.29, 1.82) is 0 Å². The van der Waals surface area contributed by atoms with E-state index in [1.54, 1.807) is 12.1 Å². The van der Waals surface area contributed by atoms with Gasteiger partial charge in [-0.25, -0.2) is 14.6 Å². The standard InChI is InChI=1S/C23H25N5O4/c1-12(2)16-7-4-13(3)17(11-16)25-23(32)28-21-19(20(24)29)26-18(27-21)10-14-5-8-15(9-6-14)22(30)31/h4-9,11-12H,10H2,1-3H3,(H2,24,29)(H,26,27)(H,30,31)(H2,25,28,32). The zero-order valence-corrected chi connectivity index (χ0v) is 18.0.